The highest BCUT2D eigenvalue weighted by Crippen LogP contribution is 2.25. The van der Waals surface area contributed by atoms with Crippen molar-refractivity contribution >= 4 is 20.9 Å². The van der Waals surface area contributed by atoms with Crippen LogP contribution in [0.3, 0.4) is 0 Å². The largest absolute Gasteiger partial charge is 0.326 e. The predicted molar refractivity (Wildman–Crippen MR) is 69.4 cm³/mol. The fourth-order valence-electron chi connectivity index (χ4n) is 2.66. The molecule has 0 aliphatic carbocycles. The second-order valence-corrected chi connectivity index (χ2v) is 7.10. The summed E-state index contributed by atoms with van der Waals surface area (Å²) in [7, 11) is -3.12. The number of nitrogens with one attached hydrogen (secondary N) is 1. The van der Waals surface area contributed by atoms with Crippen LogP contribution >= 0.6 is 0 Å². The van der Waals surface area contributed by atoms with Crippen molar-refractivity contribution in [1.29, 1.82) is 0 Å². The standard InChI is InChI=1S/C12H13FN2O3S/c13-8-3-4-10-11(6-8)15(12(16)14-10)9-2-1-5-19(17,18)7-9/h3-4,6,9H,1-2,5,7H2,(H,14,16). The van der Waals surface area contributed by atoms with E-state index >= 15 is 0 Å². The fraction of sp³-hybridized carbons (Fsp3) is 0.417. The molecule has 1 aromatic heterocycles. The molecule has 1 aromatic carbocycles. The minimum absolute atomic E-state index is 0.0592. The smallest absolute Gasteiger partial charge is 0.306 e. The lowest BCUT2D eigenvalue weighted by Crippen LogP contribution is -2.32. The Balaban J connectivity index is 2.16. The molecule has 7 heteroatoms. The predicted octanol–water partition coefficient (Wildman–Crippen LogP) is 1.22. The molecule has 0 bridgehead atoms. The molecular weight excluding hydrogens is 271 g/mol. The summed E-state index contributed by atoms with van der Waals surface area (Å²) in [4.78, 5) is 14.6. The highest BCUT2D eigenvalue weighted by Gasteiger charge is 2.28. The third-order valence-electron chi connectivity index (χ3n) is 3.48. The third-order valence-corrected chi connectivity index (χ3v) is 5.29. The van der Waals surface area contributed by atoms with Gasteiger partial charge in [0.15, 0.2) is 9.84 Å². The molecule has 19 heavy (non-hydrogen) atoms. The highest BCUT2D eigenvalue weighted by molar-refractivity contribution is 7.91. The Morgan fingerprint density at radius 3 is 2.89 bits per heavy atom. The van der Waals surface area contributed by atoms with Crippen LogP contribution in [0.4, 0.5) is 4.39 Å². The van der Waals surface area contributed by atoms with E-state index in [1.165, 1.54) is 22.8 Å². The lowest BCUT2D eigenvalue weighted by atomic mass is 10.2. The van der Waals surface area contributed by atoms with E-state index in [1.807, 2.05) is 0 Å². The zero-order valence-corrected chi connectivity index (χ0v) is 10.9. The van der Waals surface area contributed by atoms with Gasteiger partial charge in [-0.3, -0.25) is 4.57 Å². The van der Waals surface area contributed by atoms with Gasteiger partial charge in [0.2, 0.25) is 0 Å². The number of imidazole rings is 1. The first-order chi connectivity index (χ1) is 8.96. The Bertz CT molecular complexity index is 791. The highest BCUT2D eigenvalue weighted by atomic mass is 32.2. The van der Waals surface area contributed by atoms with Crippen LogP contribution < -0.4 is 5.69 Å². The zero-order chi connectivity index (χ0) is 13.6. The molecule has 1 unspecified atom stereocenters. The Labute approximate surface area is 109 Å². The van der Waals surface area contributed by atoms with Crippen molar-refractivity contribution in [1.82, 2.24) is 9.55 Å². The van der Waals surface area contributed by atoms with Crippen molar-refractivity contribution in [3.05, 3.63) is 34.5 Å². The fourth-order valence-corrected chi connectivity index (χ4v) is 4.33. The van der Waals surface area contributed by atoms with Gasteiger partial charge in [0.05, 0.1) is 28.6 Å². The average molecular weight is 284 g/mol. The van der Waals surface area contributed by atoms with Crippen LogP contribution in [0, 0.1) is 5.82 Å². The summed E-state index contributed by atoms with van der Waals surface area (Å²) in [6, 6.07) is 3.59. The molecule has 1 atom stereocenters. The number of hydrogen-bond donors (Lipinski definition) is 1. The van der Waals surface area contributed by atoms with Gasteiger partial charge in [-0.2, -0.15) is 0 Å². The molecule has 1 saturated heterocycles. The van der Waals surface area contributed by atoms with Gasteiger partial charge in [-0.05, 0) is 31.0 Å². The van der Waals surface area contributed by atoms with Gasteiger partial charge >= 0.3 is 5.69 Å². The zero-order valence-electron chi connectivity index (χ0n) is 10.1. The second kappa shape index (κ2) is 4.19. The number of aromatic nitrogens is 2. The number of H-pyrrole nitrogens is 1. The van der Waals surface area contributed by atoms with Gasteiger partial charge < -0.3 is 4.98 Å². The van der Waals surface area contributed by atoms with E-state index in [4.69, 9.17) is 0 Å². The molecule has 0 saturated carbocycles. The number of fused-ring (bicyclic) bond motifs is 1. The van der Waals surface area contributed by atoms with Crippen molar-refractivity contribution in [2.24, 2.45) is 0 Å². The number of hydrogen-bond acceptors (Lipinski definition) is 3. The molecule has 2 aromatic rings. The summed E-state index contributed by atoms with van der Waals surface area (Å²) in [6.07, 6.45) is 1.14. The first kappa shape index (κ1) is 12.4. The molecule has 5 nitrogen and oxygen atoms in total. The molecule has 0 radical (unpaired) electrons. The first-order valence-corrected chi connectivity index (χ1v) is 7.89. The molecule has 0 amide bonds. The third kappa shape index (κ3) is 2.18. The van der Waals surface area contributed by atoms with Crippen LogP contribution in [-0.4, -0.2) is 29.5 Å². The Morgan fingerprint density at radius 1 is 1.37 bits per heavy atom. The summed E-state index contributed by atoms with van der Waals surface area (Å²) >= 11 is 0. The monoisotopic (exact) mass is 284 g/mol. The van der Waals surface area contributed by atoms with Crippen molar-refractivity contribution in [2.45, 2.75) is 18.9 Å². The number of rotatable bonds is 1. The number of nitrogens with zero attached hydrogens (tertiary/aromatic N) is 1. The van der Waals surface area contributed by atoms with Crippen molar-refractivity contribution < 1.29 is 12.8 Å². The lowest BCUT2D eigenvalue weighted by Gasteiger charge is -2.23. The minimum Gasteiger partial charge on any atom is -0.306 e. The van der Waals surface area contributed by atoms with Gasteiger partial charge in [0.25, 0.3) is 0 Å². The van der Waals surface area contributed by atoms with Gasteiger partial charge in [-0.1, -0.05) is 0 Å². The van der Waals surface area contributed by atoms with E-state index in [1.54, 1.807) is 0 Å². The molecule has 3 rings (SSSR count). The molecule has 0 spiro atoms. The topological polar surface area (TPSA) is 71.9 Å². The molecular formula is C12H13FN2O3S. The molecule has 102 valence electrons. The maximum Gasteiger partial charge on any atom is 0.326 e. The quantitative estimate of drug-likeness (QED) is 0.855. The molecule has 1 N–H and O–H groups in total. The SMILES string of the molecule is O=c1[nH]c2ccc(F)cc2n1C1CCCS(=O)(=O)C1. The van der Waals surface area contributed by atoms with E-state index in [0.717, 1.165) is 0 Å². The van der Waals surface area contributed by atoms with Crippen molar-refractivity contribution in [2.75, 3.05) is 11.5 Å². The second-order valence-electron chi connectivity index (χ2n) is 4.87. The number of sulfone groups is 1. The van der Waals surface area contributed by atoms with Crippen molar-refractivity contribution in [3.63, 3.8) is 0 Å². The summed E-state index contributed by atoms with van der Waals surface area (Å²) in [5, 5.41) is 0. The first-order valence-electron chi connectivity index (χ1n) is 6.06. The van der Waals surface area contributed by atoms with Crippen LogP contribution in [0.25, 0.3) is 11.0 Å². The van der Waals surface area contributed by atoms with Gasteiger partial charge in [-0.25, -0.2) is 17.6 Å². The summed E-state index contributed by atoms with van der Waals surface area (Å²) in [5.41, 5.74) is 0.559. The Hall–Kier alpha value is -1.63. The number of benzene rings is 1. The van der Waals surface area contributed by atoms with Gasteiger partial charge in [0.1, 0.15) is 5.82 Å². The lowest BCUT2D eigenvalue weighted by molar-refractivity contribution is 0.470. The van der Waals surface area contributed by atoms with E-state index < -0.39 is 21.7 Å². The number of aromatic amines is 1. The maximum absolute atomic E-state index is 13.3. The van der Waals surface area contributed by atoms with Gasteiger partial charge in [0, 0.05) is 0 Å². The molecule has 1 aliphatic heterocycles. The Kier molecular flexibility index (Phi) is 2.74. The summed E-state index contributed by atoms with van der Waals surface area (Å²) in [5.74, 6) is -0.343. The normalized spacial score (nSPS) is 22.7. The molecule has 2 heterocycles. The van der Waals surface area contributed by atoms with E-state index in [-0.39, 0.29) is 17.2 Å². The van der Waals surface area contributed by atoms with E-state index in [0.29, 0.717) is 23.9 Å². The average Bonchev–Trinajstić information content (AvgIpc) is 2.63. The molecule has 1 fully saturated rings. The van der Waals surface area contributed by atoms with E-state index in [2.05, 4.69) is 4.98 Å². The van der Waals surface area contributed by atoms with Crippen LogP contribution in [0.5, 0.6) is 0 Å². The van der Waals surface area contributed by atoms with Crippen LogP contribution in [0.1, 0.15) is 18.9 Å². The molecule has 1 aliphatic rings. The van der Waals surface area contributed by atoms with Gasteiger partial charge in [-0.15, -0.1) is 0 Å². The van der Waals surface area contributed by atoms with E-state index in [9.17, 15) is 17.6 Å². The summed E-state index contributed by atoms with van der Waals surface area (Å²) < 4.78 is 38.0. The maximum atomic E-state index is 13.3. The Morgan fingerprint density at radius 2 is 2.16 bits per heavy atom. The van der Waals surface area contributed by atoms with Crippen LogP contribution in [0.2, 0.25) is 0 Å². The summed E-state index contributed by atoms with van der Waals surface area (Å²) in [6.45, 7) is 0. The number of halogens is 1. The van der Waals surface area contributed by atoms with Crippen molar-refractivity contribution in [3.8, 4) is 0 Å². The van der Waals surface area contributed by atoms with Crippen LogP contribution in [-0.2, 0) is 9.84 Å². The minimum atomic E-state index is -3.12. The van der Waals surface area contributed by atoms with Crippen LogP contribution in [0.15, 0.2) is 23.0 Å².